The fraction of sp³-hybridized carbons (Fsp3) is 0.368. The Balaban J connectivity index is 1.97. The number of aromatic nitrogens is 4. The molecule has 1 unspecified atom stereocenters. The van der Waals surface area contributed by atoms with Crippen LogP contribution >= 0.6 is 0 Å². The van der Waals surface area contributed by atoms with E-state index in [1.807, 2.05) is 57.3 Å². The Hall–Kier alpha value is -2.45. The summed E-state index contributed by atoms with van der Waals surface area (Å²) in [5, 5.41) is 8.66. The van der Waals surface area contributed by atoms with Crippen molar-refractivity contribution in [3.63, 3.8) is 0 Å². The minimum Gasteiger partial charge on any atom is -0.266 e. The van der Waals surface area contributed by atoms with Crippen molar-refractivity contribution in [2.24, 2.45) is 0 Å². The predicted molar refractivity (Wildman–Crippen MR) is 104 cm³/mol. The predicted octanol–water partition coefficient (Wildman–Crippen LogP) is 3.31. The van der Waals surface area contributed by atoms with Gasteiger partial charge in [-0.15, -0.1) is 0 Å². The quantitative estimate of drug-likeness (QED) is 0.703. The second-order valence-electron chi connectivity index (χ2n) is 6.89. The largest absolute Gasteiger partial charge is 0.266 e. The zero-order chi connectivity index (χ0) is 19.8. The Morgan fingerprint density at radius 2 is 1.78 bits per heavy atom. The van der Waals surface area contributed by atoms with Crippen molar-refractivity contribution < 1.29 is 8.42 Å². The highest BCUT2D eigenvalue weighted by molar-refractivity contribution is 7.89. The molecule has 1 N–H and O–H groups in total. The highest BCUT2D eigenvalue weighted by Crippen LogP contribution is 2.26. The first kappa shape index (κ1) is 19.3. The molecular weight excluding hydrogens is 362 g/mol. The topological polar surface area (TPSA) is 81.8 Å². The summed E-state index contributed by atoms with van der Waals surface area (Å²) in [6.45, 7) is 9.30. The minimum atomic E-state index is -3.73. The van der Waals surface area contributed by atoms with E-state index in [9.17, 15) is 8.42 Å². The molecule has 0 amide bonds. The average molecular weight is 388 g/mol. The third kappa shape index (κ3) is 3.68. The van der Waals surface area contributed by atoms with Crippen LogP contribution in [0.1, 0.15) is 49.8 Å². The number of benzene rings is 1. The highest BCUT2D eigenvalue weighted by Gasteiger charge is 2.28. The number of rotatable bonds is 6. The molecule has 8 heteroatoms. The van der Waals surface area contributed by atoms with E-state index in [0.29, 0.717) is 11.4 Å². The van der Waals surface area contributed by atoms with Crippen LogP contribution in [0.4, 0.5) is 0 Å². The lowest BCUT2D eigenvalue weighted by Crippen LogP contribution is -2.28. The van der Waals surface area contributed by atoms with Gasteiger partial charge < -0.3 is 0 Å². The maximum absolute atomic E-state index is 13.1. The van der Waals surface area contributed by atoms with Crippen molar-refractivity contribution in [2.75, 3.05) is 0 Å². The van der Waals surface area contributed by atoms with Crippen LogP contribution in [0.5, 0.6) is 0 Å². The van der Waals surface area contributed by atoms with Crippen LogP contribution in [0, 0.1) is 13.8 Å². The number of hydrogen-bond acceptors (Lipinski definition) is 4. The number of hydrogen-bond donors (Lipinski definition) is 1. The molecule has 2 aromatic heterocycles. The SMILES string of the molecule is Cc1nn(C(C)C)c(C)c1S(=O)(=O)NC(C)c1ccccc1-n1cccn1. The Labute approximate surface area is 160 Å². The van der Waals surface area contributed by atoms with E-state index in [0.717, 1.165) is 11.3 Å². The minimum absolute atomic E-state index is 0.0885. The molecule has 0 saturated carbocycles. The van der Waals surface area contributed by atoms with Gasteiger partial charge in [0.1, 0.15) is 4.90 Å². The van der Waals surface area contributed by atoms with E-state index < -0.39 is 16.1 Å². The van der Waals surface area contributed by atoms with Gasteiger partial charge in [0.15, 0.2) is 0 Å². The zero-order valence-corrected chi connectivity index (χ0v) is 17.0. The third-order valence-electron chi connectivity index (χ3n) is 4.50. The summed E-state index contributed by atoms with van der Waals surface area (Å²) in [4.78, 5) is 0.250. The van der Waals surface area contributed by atoms with Crippen molar-refractivity contribution in [1.29, 1.82) is 0 Å². The molecule has 0 spiro atoms. The summed E-state index contributed by atoms with van der Waals surface area (Å²) < 4.78 is 32.5. The molecule has 0 aliphatic heterocycles. The molecule has 2 heterocycles. The van der Waals surface area contributed by atoms with Gasteiger partial charge in [0, 0.05) is 24.5 Å². The molecule has 7 nitrogen and oxygen atoms in total. The van der Waals surface area contributed by atoms with Gasteiger partial charge in [-0.1, -0.05) is 18.2 Å². The molecule has 0 saturated heterocycles. The van der Waals surface area contributed by atoms with Gasteiger partial charge in [0.05, 0.1) is 17.1 Å². The molecule has 0 radical (unpaired) electrons. The molecule has 3 rings (SSSR count). The average Bonchev–Trinajstić information content (AvgIpc) is 3.22. The van der Waals surface area contributed by atoms with Crippen LogP contribution in [-0.4, -0.2) is 28.0 Å². The number of aryl methyl sites for hydroxylation is 1. The summed E-state index contributed by atoms with van der Waals surface area (Å²) in [5.74, 6) is 0. The molecule has 144 valence electrons. The highest BCUT2D eigenvalue weighted by atomic mass is 32.2. The normalized spacial score (nSPS) is 13.3. The molecule has 1 aromatic carbocycles. The standard InChI is InChI=1S/C19H25N5O2S/c1-13(2)24-16(5)19(15(4)21-24)27(25,26)22-14(3)17-9-6-7-10-18(17)23-12-8-11-20-23/h6-14,22H,1-5H3. The monoisotopic (exact) mass is 387 g/mol. The van der Waals surface area contributed by atoms with E-state index in [1.165, 1.54) is 0 Å². The summed E-state index contributed by atoms with van der Waals surface area (Å²) in [6.07, 6.45) is 3.53. The molecular formula is C19H25N5O2S. The Kier molecular flexibility index (Phi) is 5.21. The lowest BCUT2D eigenvalue weighted by atomic mass is 10.1. The molecule has 0 aliphatic rings. The second-order valence-corrected chi connectivity index (χ2v) is 8.54. The smallest absolute Gasteiger partial charge is 0.244 e. The van der Waals surface area contributed by atoms with E-state index in [1.54, 1.807) is 29.4 Å². The van der Waals surface area contributed by atoms with E-state index in [2.05, 4.69) is 14.9 Å². The Morgan fingerprint density at radius 1 is 1.07 bits per heavy atom. The Bertz CT molecular complexity index is 1040. The second kappa shape index (κ2) is 7.28. The lowest BCUT2D eigenvalue weighted by molar-refractivity contribution is 0.514. The van der Waals surface area contributed by atoms with Gasteiger partial charge >= 0.3 is 0 Å². The molecule has 0 fully saturated rings. The van der Waals surface area contributed by atoms with Crippen LogP contribution < -0.4 is 4.72 Å². The van der Waals surface area contributed by atoms with Crippen LogP contribution in [0.25, 0.3) is 5.69 Å². The maximum Gasteiger partial charge on any atom is 0.244 e. The van der Waals surface area contributed by atoms with E-state index in [-0.39, 0.29) is 10.9 Å². The summed E-state index contributed by atoms with van der Waals surface area (Å²) in [6, 6.07) is 9.10. The number of sulfonamides is 1. The van der Waals surface area contributed by atoms with Crippen LogP contribution in [-0.2, 0) is 10.0 Å². The van der Waals surface area contributed by atoms with Crippen molar-refractivity contribution >= 4 is 10.0 Å². The maximum atomic E-state index is 13.1. The van der Waals surface area contributed by atoms with Crippen LogP contribution in [0.3, 0.4) is 0 Å². The van der Waals surface area contributed by atoms with Crippen LogP contribution in [0.15, 0.2) is 47.6 Å². The summed E-state index contributed by atoms with van der Waals surface area (Å²) >= 11 is 0. The molecule has 0 bridgehead atoms. The van der Waals surface area contributed by atoms with Crippen molar-refractivity contribution in [3.05, 3.63) is 59.7 Å². The number of nitrogens with zero attached hydrogens (tertiary/aromatic N) is 4. The van der Waals surface area contributed by atoms with Gasteiger partial charge in [-0.05, 0) is 52.3 Å². The Morgan fingerprint density at radius 3 is 2.37 bits per heavy atom. The van der Waals surface area contributed by atoms with Crippen LogP contribution in [0.2, 0.25) is 0 Å². The first-order valence-electron chi connectivity index (χ1n) is 8.89. The molecule has 1 atom stereocenters. The third-order valence-corrected chi connectivity index (χ3v) is 6.30. The molecule has 0 aliphatic carbocycles. The fourth-order valence-corrected chi connectivity index (χ4v) is 4.99. The van der Waals surface area contributed by atoms with Gasteiger partial charge in [-0.25, -0.2) is 17.8 Å². The van der Waals surface area contributed by atoms with Gasteiger partial charge in [0.2, 0.25) is 10.0 Å². The summed E-state index contributed by atoms with van der Waals surface area (Å²) in [5.41, 5.74) is 2.82. The first-order valence-corrected chi connectivity index (χ1v) is 10.4. The van der Waals surface area contributed by atoms with Crippen molar-refractivity contribution in [1.82, 2.24) is 24.3 Å². The van der Waals surface area contributed by atoms with E-state index >= 15 is 0 Å². The number of nitrogens with one attached hydrogen (secondary N) is 1. The van der Waals surface area contributed by atoms with Gasteiger partial charge in [-0.3, -0.25) is 4.68 Å². The molecule has 27 heavy (non-hydrogen) atoms. The molecule has 3 aromatic rings. The van der Waals surface area contributed by atoms with Gasteiger partial charge in [0.25, 0.3) is 0 Å². The summed E-state index contributed by atoms with van der Waals surface area (Å²) in [7, 11) is -3.73. The zero-order valence-electron chi connectivity index (χ0n) is 16.2. The fourth-order valence-electron chi connectivity index (χ4n) is 3.37. The van der Waals surface area contributed by atoms with Crippen molar-refractivity contribution in [2.45, 2.75) is 51.6 Å². The lowest BCUT2D eigenvalue weighted by Gasteiger charge is -2.18. The van der Waals surface area contributed by atoms with Gasteiger partial charge in [-0.2, -0.15) is 10.2 Å². The van der Waals surface area contributed by atoms with Crippen molar-refractivity contribution in [3.8, 4) is 5.69 Å². The number of para-hydroxylation sites is 1. The first-order chi connectivity index (χ1) is 12.7. The van der Waals surface area contributed by atoms with E-state index in [4.69, 9.17) is 0 Å².